The third-order valence-electron chi connectivity index (χ3n) is 11.7. The second kappa shape index (κ2) is 16.2. The number of phenols is 1. The van der Waals surface area contributed by atoms with E-state index in [0.717, 1.165) is 50.2 Å². The predicted molar refractivity (Wildman–Crippen MR) is 255 cm³/mol. The summed E-state index contributed by atoms with van der Waals surface area (Å²) in [5, 5.41) is 11.6. The van der Waals surface area contributed by atoms with Crippen molar-refractivity contribution in [2.75, 3.05) is 0 Å². The zero-order chi connectivity index (χ0) is 43.7. The molecule has 0 aliphatic carbocycles. The number of aromatic hydroxyl groups is 1. The molecule has 61 heavy (non-hydrogen) atoms. The van der Waals surface area contributed by atoms with Crippen molar-refractivity contribution < 1.29 is 26.2 Å². The maximum absolute atomic E-state index is 11.6. The quantitative estimate of drug-likeness (QED) is 0.175. The van der Waals surface area contributed by atoms with Gasteiger partial charge in [-0.3, -0.25) is 9.55 Å². The van der Waals surface area contributed by atoms with Crippen LogP contribution in [0.2, 0.25) is 0 Å². The number of imidazole rings is 1. The molecule has 0 atom stereocenters. The number of hydrogen-bond donors (Lipinski definition) is 1. The summed E-state index contributed by atoms with van der Waals surface area (Å²) < 4.78 is 2.36. The van der Waals surface area contributed by atoms with Gasteiger partial charge >= 0.3 is 0 Å². The van der Waals surface area contributed by atoms with Crippen LogP contribution in [0.1, 0.15) is 132 Å². The van der Waals surface area contributed by atoms with E-state index in [1.807, 2.05) is 24.4 Å². The van der Waals surface area contributed by atoms with E-state index in [0.29, 0.717) is 11.4 Å². The van der Waals surface area contributed by atoms with E-state index in [-0.39, 0.29) is 53.9 Å². The number of benzene rings is 5. The average molecular weight is 990 g/mol. The van der Waals surface area contributed by atoms with Gasteiger partial charge in [0.2, 0.25) is 0 Å². The minimum absolute atomic E-state index is 0. The Balaban J connectivity index is 0.00000622. The molecule has 0 aliphatic heterocycles. The van der Waals surface area contributed by atoms with E-state index in [9.17, 15) is 5.11 Å². The molecule has 5 heteroatoms. The molecule has 2 heterocycles. The van der Waals surface area contributed by atoms with Crippen LogP contribution in [0.3, 0.4) is 0 Å². The van der Waals surface area contributed by atoms with Gasteiger partial charge < -0.3 is 5.11 Å². The first-order chi connectivity index (χ1) is 27.9. The Morgan fingerprint density at radius 3 is 1.62 bits per heavy atom. The van der Waals surface area contributed by atoms with Crippen molar-refractivity contribution in [3.63, 3.8) is 0 Å². The Kier molecular flexibility index (Phi) is 12.1. The summed E-state index contributed by atoms with van der Waals surface area (Å²) in [4.78, 5) is 10.7. The summed E-state index contributed by atoms with van der Waals surface area (Å²) in [6.07, 6.45) is 1.92. The minimum Gasteiger partial charge on any atom is -0.507 e. The molecule has 320 valence electrons. The van der Waals surface area contributed by atoms with Crippen LogP contribution in [-0.4, -0.2) is 19.6 Å². The molecule has 4 nitrogen and oxygen atoms in total. The fraction of sp³-hybridized carbons (Fsp3) is 0.357. The summed E-state index contributed by atoms with van der Waals surface area (Å²) in [6.45, 7) is 34.3. The molecule has 0 radical (unpaired) electrons. The fourth-order valence-electron chi connectivity index (χ4n) is 8.39. The van der Waals surface area contributed by atoms with E-state index in [4.69, 9.17) is 9.97 Å². The molecule has 5 aromatic carbocycles. The number of fused-ring (bicyclic) bond motifs is 1. The van der Waals surface area contributed by atoms with Crippen molar-refractivity contribution in [2.24, 2.45) is 0 Å². The van der Waals surface area contributed by atoms with Gasteiger partial charge in [-0.2, -0.15) is 0 Å². The zero-order valence-electron chi connectivity index (χ0n) is 39.0. The van der Waals surface area contributed by atoms with Gasteiger partial charge in [0.25, 0.3) is 0 Å². The van der Waals surface area contributed by atoms with E-state index in [1.54, 1.807) is 6.07 Å². The van der Waals surface area contributed by atoms with Gasteiger partial charge in [-0.15, -0.1) is 28.8 Å². The van der Waals surface area contributed by atoms with Gasteiger partial charge in [0.05, 0.1) is 22.3 Å². The Morgan fingerprint density at radius 2 is 1.07 bits per heavy atom. The van der Waals surface area contributed by atoms with Gasteiger partial charge in [0, 0.05) is 33.0 Å². The second-order valence-corrected chi connectivity index (χ2v) is 21.8. The molecule has 0 spiro atoms. The molecule has 0 saturated heterocycles. The number of aromatic nitrogens is 3. The van der Waals surface area contributed by atoms with Crippen LogP contribution >= 0.6 is 0 Å². The van der Waals surface area contributed by atoms with Crippen LogP contribution in [0, 0.1) is 6.07 Å². The normalized spacial score (nSPS) is 12.8. The van der Waals surface area contributed by atoms with E-state index in [2.05, 4.69) is 193 Å². The van der Waals surface area contributed by atoms with E-state index >= 15 is 0 Å². The summed E-state index contributed by atoms with van der Waals surface area (Å²) in [6, 6.07) is 40.4. The number of pyridine rings is 1. The molecule has 1 N–H and O–H groups in total. The zero-order valence-corrected chi connectivity index (χ0v) is 41.3. The molecule has 0 bridgehead atoms. The van der Waals surface area contributed by atoms with Gasteiger partial charge in [-0.1, -0.05) is 188 Å². The van der Waals surface area contributed by atoms with Crippen LogP contribution in [0.5, 0.6) is 5.75 Å². The maximum Gasteiger partial charge on any atom is 0.148 e. The van der Waals surface area contributed by atoms with Gasteiger partial charge in [0.1, 0.15) is 11.6 Å². The molecule has 0 saturated carbocycles. The van der Waals surface area contributed by atoms with Gasteiger partial charge in [0.15, 0.2) is 0 Å². The largest absolute Gasteiger partial charge is 0.507 e. The summed E-state index contributed by atoms with van der Waals surface area (Å²) in [7, 11) is 0. The van der Waals surface area contributed by atoms with Gasteiger partial charge in [-0.05, 0) is 79.2 Å². The minimum atomic E-state index is -0.241. The van der Waals surface area contributed by atoms with Crippen LogP contribution < -0.4 is 0 Å². The second-order valence-electron chi connectivity index (χ2n) is 21.8. The number of phenolic OH excluding ortho intramolecular Hbond substituents is 1. The molecule has 0 unspecified atom stereocenters. The molecule has 2 aromatic heterocycles. The third kappa shape index (κ3) is 8.94. The molecule has 0 aliphatic rings. The standard InChI is InChI=1S/C56H64N3O.Pt/c1-52(2,3)37-31-40(39-33-41(45(56(13,14)15)34-44(39)55(10,11)12)46-30-36(28-29-57-46)35-22-17-16-18-23-35)49-47(32-37)59(51(58-49)38-24-19-20-27-48(38)60)50-42(53(4,5)6)25-21-26-43(50)54(7,8)9;/h16-32,34,60H,1-15H3;/q-1;. The first-order valence-corrected chi connectivity index (χ1v) is 21.5. The fourth-order valence-corrected chi connectivity index (χ4v) is 8.39. The average Bonchev–Trinajstić information content (AvgIpc) is 3.54. The Morgan fingerprint density at radius 1 is 0.508 bits per heavy atom. The van der Waals surface area contributed by atoms with Crippen LogP contribution in [0.25, 0.3) is 61.6 Å². The summed E-state index contributed by atoms with van der Waals surface area (Å²) >= 11 is 0. The van der Waals surface area contributed by atoms with Gasteiger partial charge in [-0.25, -0.2) is 4.98 Å². The number of rotatable bonds is 5. The third-order valence-corrected chi connectivity index (χ3v) is 11.7. The number of nitrogens with zero attached hydrogens (tertiary/aromatic N) is 3. The van der Waals surface area contributed by atoms with Crippen molar-refractivity contribution in [1.82, 2.24) is 14.5 Å². The molecule has 0 fully saturated rings. The van der Waals surface area contributed by atoms with Crippen molar-refractivity contribution >= 4 is 11.0 Å². The summed E-state index contributed by atoms with van der Waals surface area (Å²) in [5.74, 6) is 0.902. The number of hydrogen-bond acceptors (Lipinski definition) is 3. The maximum atomic E-state index is 11.6. The van der Waals surface area contributed by atoms with E-state index in [1.165, 1.54) is 27.8 Å². The first kappa shape index (κ1) is 45.7. The van der Waals surface area contributed by atoms with Crippen LogP contribution in [0.4, 0.5) is 0 Å². The summed E-state index contributed by atoms with van der Waals surface area (Å²) in [5.41, 5.74) is 14.8. The van der Waals surface area contributed by atoms with Crippen molar-refractivity contribution in [2.45, 2.75) is 131 Å². The first-order valence-electron chi connectivity index (χ1n) is 21.5. The molecular formula is C56H64N3OPt-. The predicted octanol–water partition coefficient (Wildman–Crippen LogP) is 15.1. The smallest absolute Gasteiger partial charge is 0.148 e. The Bertz CT molecular complexity index is 2690. The Labute approximate surface area is 380 Å². The van der Waals surface area contributed by atoms with Crippen molar-refractivity contribution in [1.29, 1.82) is 0 Å². The Hall–Kier alpha value is -4.79. The van der Waals surface area contributed by atoms with Crippen molar-refractivity contribution in [3.05, 3.63) is 143 Å². The SMILES string of the molecule is CC(C)(C)c1cc(-c2[c-]c(-c3cc(-c4ccccc4)ccn3)c(C(C)(C)C)cc2C(C)(C)C)c2nc(-c3ccccc3O)n(-c3c(C(C)(C)C)cccc3C(C)(C)C)c2c1.[Pt]. The molecule has 0 amide bonds. The van der Waals surface area contributed by atoms with Crippen LogP contribution in [-0.2, 0) is 48.1 Å². The van der Waals surface area contributed by atoms with Crippen LogP contribution in [0.15, 0.2) is 109 Å². The molecular weight excluding hydrogens is 926 g/mol. The monoisotopic (exact) mass is 989 g/mol. The number of para-hydroxylation sites is 2. The van der Waals surface area contributed by atoms with E-state index < -0.39 is 0 Å². The topological polar surface area (TPSA) is 50.9 Å². The molecule has 7 rings (SSSR count). The molecule has 7 aromatic rings. The van der Waals surface area contributed by atoms with Crippen molar-refractivity contribution in [3.8, 4) is 56.3 Å².